The molecule has 0 unspecified atom stereocenters. The predicted molar refractivity (Wildman–Crippen MR) is 66.4 cm³/mol. The topological polar surface area (TPSA) is 26.3 Å². The van der Waals surface area contributed by atoms with Gasteiger partial charge in [0.05, 0.1) is 18.2 Å². The van der Waals surface area contributed by atoms with Crippen LogP contribution in [-0.4, -0.2) is 12.9 Å². The van der Waals surface area contributed by atoms with E-state index in [1.165, 1.54) is 13.2 Å². The molecular weight excluding hydrogens is 257 g/mol. The highest BCUT2D eigenvalue weighted by molar-refractivity contribution is 6.02. The van der Waals surface area contributed by atoms with E-state index in [0.29, 0.717) is 6.42 Å². The highest BCUT2D eigenvalue weighted by atomic mass is 19.4. The molecule has 0 spiro atoms. The lowest BCUT2D eigenvalue weighted by Gasteiger charge is -2.22. The van der Waals surface area contributed by atoms with Crippen LogP contribution in [0.25, 0.3) is 0 Å². The van der Waals surface area contributed by atoms with Gasteiger partial charge in [-0.3, -0.25) is 4.79 Å². The van der Waals surface area contributed by atoms with Crippen molar-refractivity contribution in [3.8, 4) is 5.75 Å². The molecule has 0 N–H and O–H groups in total. The summed E-state index contributed by atoms with van der Waals surface area (Å²) in [6, 6.07) is 2.95. The van der Waals surface area contributed by atoms with Crippen LogP contribution in [-0.2, 0) is 6.18 Å². The van der Waals surface area contributed by atoms with Gasteiger partial charge in [-0.05, 0) is 24.6 Å². The fourth-order valence-corrected chi connectivity index (χ4v) is 1.59. The average molecular weight is 274 g/mol. The van der Waals surface area contributed by atoms with E-state index in [-0.39, 0.29) is 17.1 Å². The van der Waals surface area contributed by atoms with E-state index in [0.717, 1.165) is 12.1 Å². The van der Waals surface area contributed by atoms with Crippen molar-refractivity contribution in [2.75, 3.05) is 7.11 Å². The van der Waals surface area contributed by atoms with Gasteiger partial charge in [0, 0.05) is 5.41 Å². The molecule has 0 radical (unpaired) electrons. The van der Waals surface area contributed by atoms with Gasteiger partial charge in [0.15, 0.2) is 5.78 Å². The van der Waals surface area contributed by atoms with Gasteiger partial charge < -0.3 is 4.74 Å². The van der Waals surface area contributed by atoms with Crippen LogP contribution in [0.15, 0.2) is 18.2 Å². The number of carbonyl (C=O) groups is 1. The Kier molecular flexibility index (Phi) is 4.28. The van der Waals surface area contributed by atoms with Gasteiger partial charge in [0.2, 0.25) is 0 Å². The lowest BCUT2D eigenvalue weighted by Crippen LogP contribution is -2.24. The molecule has 1 aromatic rings. The zero-order valence-electron chi connectivity index (χ0n) is 11.4. The number of rotatable bonds is 4. The van der Waals surface area contributed by atoms with Crippen molar-refractivity contribution in [3.63, 3.8) is 0 Å². The van der Waals surface area contributed by atoms with Crippen LogP contribution in [0, 0.1) is 5.41 Å². The Balaban J connectivity index is 3.36. The molecule has 0 aliphatic rings. The van der Waals surface area contributed by atoms with Crippen molar-refractivity contribution >= 4 is 5.78 Å². The van der Waals surface area contributed by atoms with Crippen molar-refractivity contribution in [1.29, 1.82) is 0 Å². The van der Waals surface area contributed by atoms with Gasteiger partial charge in [-0.25, -0.2) is 0 Å². The monoisotopic (exact) mass is 274 g/mol. The summed E-state index contributed by atoms with van der Waals surface area (Å²) in [4.78, 5) is 12.3. The zero-order valence-corrected chi connectivity index (χ0v) is 11.4. The van der Waals surface area contributed by atoms with Crippen LogP contribution >= 0.6 is 0 Å². The molecule has 2 nitrogen and oxygen atoms in total. The van der Waals surface area contributed by atoms with Crippen molar-refractivity contribution in [2.24, 2.45) is 5.41 Å². The van der Waals surface area contributed by atoms with Gasteiger partial charge in [0.1, 0.15) is 5.75 Å². The summed E-state index contributed by atoms with van der Waals surface area (Å²) < 4.78 is 43.1. The third kappa shape index (κ3) is 3.28. The molecule has 0 amide bonds. The molecule has 0 heterocycles. The Hall–Kier alpha value is -1.52. The highest BCUT2D eigenvalue weighted by Crippen LogP contribution is 2.35. The fourth-order valence-electron chi connectivity index (χ4n) is 1.59. The van der Waals surface area contributed by atoms with Crippen LogP contribution in [0.2, 0.25) is 0 Å². The number of ether oxygens (including phenoxy) is 1. The maximum absolute atomic E-state index is 12.7. The summed E-state index contributed by atoms with van der Waals surface area (Å²) in [6.07, 6.45) is -3.94. The minimum atomic E-state index is -4.47. The van der Waals surface area contributed by atoms with E-state index in [1.54, 1.807) is 13.8 Å². The highest BCUT2D eigenvalue weighted by Gasteiger charge is 2.34. The maximum atomic E-state index is 12.7. The summed E-state index contributed by atoms with van der Waals surface area (Å²) in [6.45, 7) is 5.22. The first kappa shape index (κ1) is 15.5. The number of halogens is 3. The first-order valence-electron chi connectivity index (χ1n) is 5.93. The van der Waals surface area contributed by atoms with Crippen molar-refractivity contribution < 1.29 is 22.7 Å². The molecule has 19 heavy (non-hydrogen) atoms. The number of benzene rings is 1. The first-order valence-corrected chi connectivity index (χ1v) is 5.93. The number of ketones is 1. The molecule has 0 saturated carbocycles. The Morgan fingerprint density at radius 2 is 1.84 bits per heavy atom. The Morgan fingerprint density at radius 1 is 1.26 bits per heavy atom. The lowest BCUT2D eigenvalue weighted by molar-refractivity contribution is -0.137. The smallest absolute Gasteiger partial charge is 0.416 e. The summed E-state index contributed by atoms with van der Waals surface area (Å²) in [7, 11) is 1.33. The summed E-state index contributed by atoms with van der Waals surface area (Å²) in [5.41, 5.74) is -1.59. The number of methoxy groups -OCH3 is 1. The molecule has 1 rings (SSSR count). The summed E-state index contributed by atoms with van der Waals surface area (Å²) in [5.74, 6) is -0.183. The Bertz CT molecular complexity index is 476. The summed E-state index contributed by atoms with van der Waals surface area (Å²) >= 11 is 0. The van der Waals surface area contributed by atoms with Crippen molar-refractivity contribution in [1.82, 2.24) is 0 Å². The largest absolute Gasteiger partial charge is 0.496 e. The quantitative estimate of drug-likeness (QED) is 0.764. The van der Waals surface area contributed by atoms with Crippen molar-refractivity contribution in [2.45, 2.75) is 33.4 Å². The molecule has 0 aliphatic heterocycles. The third-order valence-corrected chi connectivity index (χ3v) is 3.27. The van der Waals surface area contributed by atoms with Crippen molar-refractivity contribution in [3.05, 3.63) is 29.3 Å². The maximum Gasteiger partial charge on any atom is 0.416 e. The Morgan fingerprint density at radius 3 is 2.26 bits per heavy atom. The molecular formula is C14H17F3O2. The number of carbonyl (C=O) groups excluding carboxylic acids is 1. The number of hydrogen-bond donors (Lipinski definition) is 0. The molecule has 0 atom stereocenters. The second-order valence-corrected chi connectivity index (χ2v) is 4.98. The molecule has 0 aliphatic carbocycles. The van der Waals surface area contributed by atoms with Gasteiger partial charge >= 0.3 is 6.18 Å². The predicted octanol–water partition coefficient (Wildman–Crippen LogP) is 4.33. The van der Waals surface area contributed by atoms with E-state index in [4.69, 9.17) is 4.74 Å². The molecule has 0 aromatic heterocycles. The molecule has 1 aromatic carbocycles. The minimum absolute atomic E-state index is 0.0239. The van der Waals surface area contributed by atoms with E-state index >= 15 is 0 Å². The second kappa shape index (κ2) is 5.23. The van der Waals surface area contributed by atoms with Gasteiger partial charge in [-0.15, -0.1) is 0 Å². The number of hydrogen-bond acceptors (Lipinski definition) is 2. The van der Waals surface area contributed by atoms with Crippen LogP contribution in [0.5, 0.6) is 5.75 Å². The van der Waals surface area contributed by atoms with Crippen LogP contribution in [0.1, 0.15) is 43.1 Å². The van der Waals surface area contributed by atoms with Crippen LogP contribution in [0.3, 0.4) is 0 Å². The summed E-state index contributed by atoms with van der Waals surface area (Å²) in [5, 5.41) is 0. The van der Waals surface area contributed by atoms with E-state index in [2.05, 4.69) is 0 Å². The third-order valence-electron chi connectivity index (χ3n) is 3.27. The SMILES string of the molecule is CCC(C)(C)C(=O)c1cc(C(F)(F)F)ccc1OC. The van der Waals surface area contributed by atoms with Gasteiger partial charge in [0.25, 0.3) is 0 Å². The Labute approximate surface area is 110 Å². The standard InChI is InChI=1S/C14H17F3O2/c1-5-13(2,3)12(18)10-8-9(14(15,16)17)6-7-11(10)19-4/h6-8H,5H2,1-4H3. The first-order chi connectivity index (χ1) is 8.63. The van der Waals surface area contributed by atoms with Crippen LogP contribution in [0.4, 0.5) is 13.2 Å². The van der Waals surface area contributed by atoms with E-state index in [9.17, 15) is 18.0 Å². The van der Waals surface area contributed by atoms with Gasteiger partial charge in [-0.1, -0.05) is 20.8 Å². The fraction of sp³-hybridized carbons (Fsp3) is 0.500. The lowest BCUT2D eigenvalue weighted by atomic mass is 9.81. The molecule has 0 bridgehead atoms. The average Bonchev–Trinajstić information content (AvgIpc) is 2.35. The van der Waals surface area contributed by atoms with Crippen LogP contribution < -0.4 is 4.74 Å². The van der Waals surface area contributed by atoms with E-state index in [1.807, 2.05) is 6.92 Å². The number of alkyl halides is 3. The minimum Gasteiger partial charge on any atom is -0.496 e. The zero-order chi connectivity index (χ0) is 14.8. The normalized spacial score (nSPS) is 12.4. The molecule has 5 heteroatoms. The second-order valence-electron chi connectivity index (χ2n) is 4.98. The molecule has 106 valence electrons. The number of Topliss-reactive ketones (excluding diaryl/α,β-unsaturated/α-hetero) is 1. The molecule has 0 fully saturated rings. The van der Waals surface area contributed by atoms with E-state index < -0.39 is 17.2 Å². The van der Waals surface area contributed by atoms with Gasteiger partial charge in [-0.2, -0.15) is 13.2 Å². The molecule has 0 saturated heterocycles.